The molecule has 0 aliphatic heterocycles. The normalized spacial score (nSPS) is 10.1. The van der Waals surface area contributed by atoms with Crippen LogP contribution in [0.1, 0.15) is 21.1 Å². The van der Waals surface area contributed by atoms with Crippen molar-refractivity contribution in [1.82, 2.24) is 4.98 Å². The summed E-state index contributed by atoms with van der Waals surface area (Å²) in [5, 5.41) is 2.59. The Bertz CT molecular complexity index is 591. The third-order valence-electron chi connectivity index (χ3n) is 2.53. The van der Waals surface area contributed by atoms with Crippen LogP contribution in [0.4, 0.5) is 0 Å². The van der Waals surface area contributed by atoms with E-state index in [9.17, 15) is 9.59 Å². The molecule has 1 aromatic heterocycles. The van der Waals surface area contributed by atoms with Crippen molar-refractivity contribution in [2.24, 2.45) is 0 Å². The Hall–Kier alpha value is -2.21. The number of ether oxygens (including phenoxy) is 2. The Labute approximate surface area is 120 Å². The molecule has 0 saturated carbocycles. The van der Waals surface area contributed by atoms with Crippen LogP contribution < -0.4 is 4.74 Å². The van der Waals surface area contributed by atoms with Crippen molar-refractivity contribution in [3.8, 4) is 5.75 Å². The van der Waals surface area contributed by atoms with Gasteiger partial charge in [-0.15, -0.1) is 11.3 Å². The van der Waals surface area contributed by atoms with E-state index in [1.165, 1.54) is 18.4 Å². The molecule has 0 radical (unpaired) electrons. The lowest BCUT2D eigenvalue weighted by Crippen LogP contribution is -2.05. The number of esters is 1. The summed E-state index contributed by atoms with van der Waals surface area (Å²) in [6.07, 6.45) is 0.949. The highest BCUT2D eigenvalue weighted by molar-refractivity contribution is 7.09. The van der Waals surface area contributed by atoms with Gasteiger partial charge in [-0.3, -0.25) is 9.59 Å². The van der Waals surface area contributed by atoms with E-state index in [4.69, 9.17) is 4.74 Å². The Morgan fingerprint density at radius 3 is 2.75 bits per heavy atom. The predicted octanol–water partition coefficient (Wildman–Crippen LogP) is 2.25. The first-order valence-corrected chi connectivity index (χ1v) is 6.77. The van der Waals surface area contributed by atoms with Gasteiger partial charge >= 0.3 is 5.97 Å². The first-order chi connectivity index (χ1) is 9.71. The van der Waals surface area contributed by atoms with Crippen molar-refractivity contribution in [2.75, 3.05) is 7.11 Å². The van der Waals surface area contributed by atoms with Crippen molar-refractivity contribution in [3.05, 3.63) is 45.9 Å². The molecule has 0 atom stereocenters. The van der Waals surface area contributed by atoms with Gasteiger partial charge in [0.15, 0.2) is 0 Å². The van der Waals surface area contributed by atoms with Gasteiger partial charge in [0, 0.05) is 10.9 Å². The van der Waals surface area contributed by atoms with Crippen LogP contribution >= 0.6 is 11.3 Å². The molecule has 20 heavy (non-hydrogen) atoms. The maximum Gasteiger partial charge on any atom is 0.311 e. The first-order valence-electron chi connectivity index (χ1n) is 5.89. The molecule has 0 amide bonds. The number of carbonyl (C=O) groups is 2. The molecule has 1 heterocycles. The van der Waals surface area contributed by atoms with Gasteiger partial charge in [-0.2, -0.15) is 0 Å². The number of methoxy groups -OCH3 is 1. The average Bonchev–Trinajstić information content (AvgIpc) is 2.93. The molecule has 0 spiro atoms. The Kier molecular flexibility index (Phi) is 4.84. The highest BCUT2D eigenvalue weighted by Gasteiger charge is 2.08. The maximum absolute atomic E-state index is 11.1. The fraction of sp³-hybridized carbons (Fsp3) is 0.214. The van der Waals surface area contributed by atoms with E-state index in [1.807, 2.05) is 5.38 Å². The molecule has 0 aliphatic rings. The second kappa shape index (κ2) is 6.81. The topological polar surface area (TPSA) is 65.5 Å². The summed E-state index contributed by atoms with van der Waals surface area (Å²) in [5.74, 6) is 0.354. The Balaban J connectivity index is 1.90. The lowest BCUT2D eigenvalue weighted by atomic mass is 10.2. The number of thiazole rings is 1. The van der Waals surface area contributed by atoms with Gasteiger partial charge < -0.3 is 9.47 Å². The van der Waals surface area contributed by atoms with E-state index in [2.05, 4.69) is 9.72 Å². The second-order valence-electron chi connectivity index (χ2n) is 3.96. The number of hydrogen-bond acceptors (Lipinski definition) is 6. The van der Waals surface area contributed by atoms with Gasteiger partial charge in [-0.1, -0.05) is 0 Å². The molecule has 5 nitrogen and oxygen atoms in total. The minimum Gasteiger partial charge on any atom is -0.486 e. The van der Waals surface area contributed by atoms with E-state index in [1.54, 1.807) is 24.3 Å². The Morgan fingerprint density at radius 2 is 2.10 bits per heavy atom. The molecule has 2 aromatic rings. The highest BCUT2D eigenvalue weighted by Crippen LogP contribution is 2.16. The number of nitrogens with zero attached hydrogens (tertiary/aromatic N) is 1. The summed E-state index contributed by atoms with van der Waals surface area (Å²) in [4.78, 5) is 25.9. The fourth-order valence-electron chi connectivity index (χ4n) is 1.50. The van der Waals surface area contributed by atoms with E-state index >= 15 is 0 Å². The molecular formula is C14H13NO4S. The molecule has 0 N–H and O–H groups in total. The molecular weight excluding hydrogens is 278 g/mol. The smallest absolute Gasteiger partial charge is 0.311 e. The van der Waals surface area contributed by atoms with E-state index in [0.717, 1.165) is 11.3 Å². The standard InChI is InChI=1S/C14H13NO4S/c1-18-14(17)6-11-9-20-13(15-11)8-19-12-4-2-10(7-16)3-5-12/h2-5,7,9H,6,8H2,1H3. The van der Waals surface area contributed by atoms with Crippen molar-refractivity contribution in [1.29, 1.82) is 0 Å². The summed E-state index contributed by atoms with van der Waals surface area (Å²) in [5.41, 5.74) is 1.28. The number of aromatic nitrogens is 1. The lowest BCUT2D eigenvalue weighted by Gasteiger charge is -2.03. The molecule has 1 aromatic carbocycles. The van der Waals surface area contributed by atoms with Gasteiger partial charge in [0.05, 0.1) is 19.2 Å². The molecule has 2 rings (SSSR count). The van der Waals surface area contributed by atoms with Crippen molar-refractivity contribution in [3.63, 3.8) is 0 Å². The van der Waals surface area contributed by atoms with Gasteiger partial charge in [0.2, 0.25) is 0 Å². The minimum absolute atomic E-state index is 0.168. The van der Waals surface area contributed by atoms with Gasteiger partial charge in [-0.25, -0.2) is 4.98 Å². The van der Waals surface area contributed by atoms with Gasteiger partial charge in [0.25, 0.3) is 0 Å². The van der Waals surface area contributed by atoms with E-state index < -0.39 is 0 Å². The number of aldehydes is 1. The maximum atomic E-state index is 11.1. The van der Waals surface area contributed by atoms with Crippen molar-refractivity contribution >= 4 is 23.6 Å². The van der Waals surface area contributed by atoms with Crippen LogP contribution in [0.5, 0.6) is 5.75 Å². The minimum atomic E-state index is -0.313. The zero-order valence-electron chi connectivity index (χ0n) is 10.9. The largest absolute Gasteiger partial charge is 0.486 e. The van der Waals surface area contributed by atoms with E-state index in [-0.39, 0.29) is 12.4 Å². The van der Waals surface area contributed by atoms with Crippen LogP contribution in [0.25, 0.3) is 0 Å². The van der Waals surface area contributed by atoms with Crippen LogP contribution in [-0.2, 0) is 22.6 Å². The molecule has 0 bridgehead atoms. The molecule has 0 aliphatic carbocycles. The SMILES string of the molecule is COC(=O)Cc1csc(COc2ccc(C=O)cc2)n1. The number of carbonyl (C=O) groups excluding carboxylic acids is 2. The van der Waals surface area contributed by atoms with Crippen molar-refractivity contribution in [2.45, 2.75) is 13.0 Å². The summed E-state index contributed by atoms with van der Waals surface area (Å²) >= 11 is 1.43. The predicted molar refractivity (Wildman–Crippen MR) is 74.0 cm³/mol. The van der Waals surface area contributed by atoms with Gasteiger partial charge in [0.1, 0.15) is 23.7 Å². The van der Waals surface area contributed by atoms with E-state index in [0.29, 0.717) is 23.6 Å². The summed E-state index contributed by atoms with van der Waals surface area (Å²) < 4.78 is 10.1. The number of hydrogen-bond donors (Lipinski definition) is 0. The molecule has 0 saturated heterocycles. The number of benzene rings is 1. The van der Waals surface area contributed by atoms with Crippen LogP contribution in [0.2, 0.25) is 0 Å². The zero-order valence-corrected chi connectivity index (χ0v) is 11.7. The zero-order chi connectivity index (χ0) is 14.4. The average molecular weight is 291 g/mol. The van der Waals surface area contributed by atoms with Crippen LogP contribution in [-0.4, -0.2) is 24.3 Å². The summed E-state index contributed by atoms with van der Waals surface area (Å²) in [7, 11) is 1.35. The lowest BCUT2D eigenvalue weighted by molar-refractivity contribution is -0.139. The van der Waals surface area contributed by atoms with Crippen LogP contribution in [0.15, 0.2) is 29.6 Å². The molecule has 6 heteroatoms. The van der Waals surface area contributed by atoms with Crippen LogP contribution in [0, 0.1) is 0 Å². The Morgan fingerprint density at radius 1 is 1.35 bits per heavy atom. The summed E-state index contributed by atoms with van der Waals surface area (Å²) in [6.45, 7) is 0.326. The van der Waals surface area contributed by atoms with Crippen LogP contribution in [0.3, 0.4) is 0 Å². The quantitative estimate of drug-likeness (QED) is 0.603. The number of rotatable bonds is 6. The van der Waals surface area contributed by atoms with Crippen molar-refractivity contribution < 1.29 is 19.1 Å². The summed E-state index contributed by atoms with van der Waals surface area (Å²) in [6, 6.07) is 6.83. The third kappa shape index (κ3) is 3.89. The monoisotopic (exact) mass is 291 g/mol. The molecule has 0 fully saturated rings. The second-order valence-corrected chi connectivity index (χ2v) is 4.90. The van der Waals surface area contributed by atoms with Gasteiger partial charge in [-0.05, 0) is 24.3 Å². The third-order valence-corrected chi connectivity index (χ3v) is 3.40. The molecule has 0 unspecified atom stereocenters. The fourth-order valence-corrected chi connectivity index (χ4v) is 2.21. The molecule has 104 valence electrons. The highest BCUT2D eigenvalue weighted by atomic mass is 32.1. The first kappa shape index (κ1) is 14.2.